The predicted octanol–water partition coefficient (Wildman–Crippen LogP) is 1.85. The summed E-state index contributed by atoms with van der Waals surface area (Å²) >= 11 is 0. The van der Waals surface area contributed by atoms with E-state index in [0.29, 0.717) is 18.8 Å². The Labute approximate surface area is 117 Å². The minimum Gasteiger partial charge on any atom is -0.450 e. The number of H-pyrrole nitrogens is 1. The molecule has 0 aliphatic heterocycles. The van der Waals surface area contributed by atoms with Gasteiger partial charge in [-0.25, -0.2) is 9.78 Å². The van der Waals surface area contributed by atoms with E-state index in [9.17, 15) is 4.79 Å². The molecule has 20 heavy (non-hydrogen) atoms. The van der Waals surface area contributed by atoms with E-state index < -0.39 is 6.09 Å². The van der Waals surface area contributed by atoms with E-state index in [4.69, 9.17) is 10.5 Å². The SMILES string of the molecule is Nc1ccc(CNC(=O)OCCCc2ncc[nH]2)cc1. The highest BCUT2D eigenvalue weighted by Gasteiger charge is 2.02. The largest absolute Gasteiger partial charge is 0.450 e. The van der Waals surface area contributed by atoms with E-state index in [2.05, 4.69) is 15.3 Å². The van der Waals surface area contributed by atoms with Crippen molar-refractivity contribution in [3.63, 3.8) is 0 Å². The summed E-state index contributed by atoms with van der Waals surface area (Å²) in [6.07, 6.45) is 4.56. The molecule has 0 saturated carbocycles. The molecular formula is C14H18N4O2. The van der Waals surface area contributed by atoms with E-state index in [-0.39, 0.29) is 0 Å². The Kier molecular flexibility index (Phi) is 5.00. The molecule has 106 valence electrons. The summed E-state index contributed by atoms with van der Waals surface area (Å²) in [5, 5.41) is 2.69. The predicted molar refractivity (Wildman–Crippen MR) is 76.0 cm³/mol. The number of hydrogen-bond donors (Lipinski definition) is 3. The zero-order chi connectivity index (χ0) is 14.2. The van der Waals surface area contributed by atoms with Crippen LogP contribution >= 0.6 is 0 Å². The molecule has 4 N–H and O–H groups in total. The number of nitrogens with zero attached hydrogens (tertiary/aromatic N) is 1. The number of hydrogen-bond acceptors (Lipinski definition) is 4. The third kappa shape index (κ3) is 4.64. The smallest absolute Gasteiger partial charge is 0.407 e. The average molecular weight is 274 g/mol. The first-order valence-electron chi connectivity index (χ1n) is 6.47. The lowest BCUT2D eigenvalue weighted by Crippen LogP contribution is -2.24. The van der Waals surface area contributed by atoms with Gasteiger partial charge in [-0.1, -0.05) is 12.1 Å². The maximum atomic E-state index is 11.5. The van der Waals surface area contributed by atoms with E-state index in [1.54, 1.807) is 24.5 Å². The quantitative estimate of drug-likeness (QED) is 0.553. The number of amides is 1. The van der Waals surface area contributed by atoms with Crippen molar-refractivity contribution in [1.82, 2.24) is 15.3 Å². The van der Waals surface area contributed by atoms with Gasteiger partial charge in [-0.2, -0.15) is 0 Å². The summed E-state index contributed by atoms with van der Waals surface area (Å²) in [7, 11) is 0. The minimum atomic E-state index is -0.415. The Morgan fingerprint density at radius 1 is 1.35 bits per heavy atom. The molecule has 0 aliphatic rings. The van der Waals surface area contributed by atoms with Crippen LogP contribution in [-0.4, -0.2) is 22.7 Å². The summed E-state index contributed by atoms with van der Waals surface area (Å²) in [4.78, 5) is 18.6. The molecule has 1 heterocycles. The van der Waals surface area contributed by atoms with Crippen LogP contribution in [0.1, 0.15) is 17.8 Å². The Morgan fingerprint density at radius 3 is 2.85 bits per heavy atom. The van der Waals surface area contributed by atoms with Crippen molar-refractivity contribution in [3.05, 3.63) is 48.0 Å². The monoisotopic (exact) mass is 274 g/mol. The number of carbonyl (C=O) groups excluding carboxylic acids is 1. The van der Waals surface area contributed by atoms with Crippen LogP contribution in [0.15, 0.2) is 36.7 Å². The molecule has 0 aliphatic carbocycles. The van der Waals surface area contributed by atoms with Gasteiger partial charge in [0.05, 0.1) is 6.61 Å². The third-order valence-corrected chi connectivity index (χ3v) is 2.76. The highest BCUT2D eigenvalue weighted by molar-refractivity contribution is 5.67. The molecule has 0 unspecified atom stereocenters. The van der Waals surface area contributed by atoms with Gasteiger partial charge in [-0.15, -0.1) is 0 Å². The number of nitrogen functional groups attached to an aromatic ring is 1. The van der Waals surface area contributed by atoms with E-state index in [0.717, 1.165) is 24.2 Å². The lowest BCUT2D eigenvalue weighted by atomic mass is 10.2. The van der Waals surface area contributed by atoms with Crippen molar-refractivity contribution in [1.29, 1.82) is 0 Å². The standard InChI is InChI=1S/C14H18N4O2/c15-12-5-3-11(4-6-12)10-18-14(19)20-9-1-2-13-16-7-8-17-13/h3-8H,1-2,9-10,15H2,(H,16,17)(H,18,19). The molecule has 1 amide bonds. The number of ether oxygens (including phenoxy) is 1. The lowest BCUT2D eigenvalue weighted by Gasteiger charge is -2.07. The second-order valence-corrected chi connectivity index (χ2v) is 4.37. The van der Waals surface area contributed by atoms with Crippen LogP contribution in [0.3, 0.4) is 0 Å². The molecule has 0 saturated heterocycles. The van der Waals surface area contributed by atoms with Gasteiger partial charge in [0.1, 0.15) is 5.82 Å². The molecule has 1 aromatic heterocycles. The summed E-state index contributed by atoms with van der Waals surface area (Å²) in [5.74, 6) is 0.899. The zero-order valence-electron chi connectivity index (χ0n) is 11.1. The number of aryl methyl sites for hydroxylation is 1. The molecule has 2 aromatic rings. The number of nitrogens with one attached hydrogen (secondary N) is 2. The van der Waals surface area contributed by atoms with Crippen LogP contribution in [0, 0.1) is 0 Å². The van der Waals surface area contributed by atoms with Crippen LogP contribution in [0.4, 0.5) is 10.5 Å². The van der Waals surface area contributed by atoms with Crippen LogP contribution < -0.4 is 11.1 Å². The van der Waals surface area contributed by atoms with Crippen molar-refractivity contribution in [2.45, 2.75) is 19.4 Å². The number of rotatable bonds is 6. The molecular weight excluding hydrogens is 256 g/mol. The number of anilines is 1. The molecule has 0 bridgehead atoms. The van der Waals surface area contributed by atoms with E-state index >= 15 is 0 Å². The maximum absolute atomic E-state index is 11.5. The van der Waals surface area contributed by atoms with Crippen LogP contribution in [0.2, 0.25) is 0 Å². The first-order valence-corrected chi connectivity index (χ1v) is 6.47. The average Bonchev–Trinajstić information content (AvgIpc) is 2.96. The summed E-state index contributed by atoms with van der Waals surface area (Å²) in [6, 6.07) is 7.33. The Bertz CT molecular complexity index is 523. The van der Waals surface area contributed by atoms with Crippen molar-refractivity contribution in [2.24, 2.45) is 0 Å². The Morgan fingerprint density at radius 2 is 2.15 bits per heavy atom. The van der Waals surface area contributed by atoms with Gasteiger partial charge in [-0.05, 0) is 24.1 Å². The van der Waals surface area contributed by atoms with Crippen molar-refractivity contribution < 1.29 is 9.53 Å². The highest BCUT2D eigenvalue weighted by Crippen LogP contribution is 2.04. The third-order valence-electron chi connectivity index (χ3n) is 2.76. The minimum absolute atomic E-state index is 0.369. The van der Waals surface area contributed by atoms with E-state index in [1.165, 1.54) is 0 Å². The fourth-order valence-corrected chi connectivity index (χ4v) is 1.70. The topological polar surface area (TPSA) is 93.0 Å². The number of alkyl carbamates (subject to hydrolysis) is 1. The van der Waals surface area contributed by atoms with Crippen molar-refractivity contribution in [2.75, 3.05) is 12.3 Å². The first-order chi connectivity index (χ1) is 9.74. The number of aromatic amines is 1. The lowest BCUT2D eigenvalue weighted by molar-refractivity contribution is 0.144. The number of aromatic nitrogens is 2. The molecule has 0 atom stereocenters. The molecule has 2 rings (SSSR count). The number of benzene rings is 1. The van der Waals surface area contributed by atoms with Crippen molar-refractivity contribution >= 4 is 11.8 Å². The van der Waals surface area contributed by atoms with Crippen LogP contribution in [0.25, 0.3) is 0 Å². The van der Waals surface area contributed by atoms with Gasteiger partial charge in [0.15, 0.2) is 0 Å². The molecule has 0 radical (unpaired) electrons. The Hall–Kier alpha value is -2.50. The van der Waals surface area contributed by atoms with E-state index in [1.807, 2.05) is 12.1 Å². The second kappa shape index (κ2) is 7.18. The number of imidazole rings is 1. The van der Waals surface area contributed by atoms with Crippen LogP contribution in [-0.2, 0) is 17.7 Å². The maximum Gasteiger partial charge on any atom is 0.407 e. The molecule has 6 nitrogen and oxygen atoms in total. The van der Waals surface area contributed by atoms with Gasteiger partial charge in [0.2, 0.25) is 0 Å². The van der Waals surface area contributed by atoms with Gasteiger partial charge in [0.25, 0.3) is 0 Å². The zero-order valence-corrected chi connectivity index (χ0v) is 11.1. The number of carbonyl (C=O) groups is 1. The molecule has 0 spiro atoms. The molecule has 0 fully saturated rings. The summed E-state index contributed by atoms with van der Waals surface area (Å²) < 4.78 is 5.07. The molecule has 6 heteroatoms. The van der Waals surface area contributed by atoms with Gasteiger partial charge < -0.3 is 20.8 Å². The first kappa shape index (κ1) is 13.9. The highest BCUT2D eigenvalue weighted by atomic mass is 16.5. The number of nitrogens with two attached hydrogens (primary N) is 1. The summed E-state index contributed by atoms with van der Waals surface area (Å²) in [6.45, 7) is 0.797. The normalized spacial score (nSPS) is 10.2. The van der Waals surface area contributed by atoms with Gasteiger partial charge in [-0.3, -0.25) is 0 Å². The van der Waals surface area contributed by atoms with Gasteiger partial charge in [0, 0.05) is 31.0 Å². The fraction of sp³-hybridized carbons (Fsp3) is 0.286. The summed E-state index contributed by atoms with van der Waals surface area (Å²) in [5.41, 5.74) is 7.27. The fourth-order valence-electron chi connectivity index (χ4n) is 1.70. The Balaban J connectivity index is 1.59. The van der Waals surface area contributed by atoms with Crippen molar-refractivity contribution in [3.8, 4) is 0 Å². The second-order valence-electron chi connectivity index (χ2n) is 4.37. The van der Waals surface area contributed by atoms with Gasteiger partial charge >= 0.3 is 6.09 Å². The molecule has 1 aromatic carbocycles. The van der Waals surface area contributed by atoms with Crippen LogP contribution in [0.5, 0.6) is 0 Å².